The van der Waals surface area contributed by atoms with E-state index in [0.717, 1.165) is 16.7 Å². The van der Waals surface area contributed by atoms with Gasteiger partial charge in [0, 0.05) is 18.7 Å². The SMILES string of the molecule is Cc1ccc(F)cc1CNCc1cccc(C(N)=O)c1. The second-order valence-corrected chi connectivity index (χ2v) is 4.74. The van der Waals surface area contributed by atoms with E-state index in [4.69, 9.17) is 5.73 Å². The molecule has 0 heterocycles. The van der Waals surface area contributed by atoms with E-state index in [2.05, 4.69) is 5.32 Å². The van der Waals surface area contributed by atoms with Crippen LogP contribution in [0.2, 0.25) is 0 Å². The molecule has 104 valence electrons. The number of hydrogen-bond acceptors (Lipinski definition) is 2. The monoisotopic (exact) mass is 272 g/mol. The van der Waals surface area contributed by atoms with Crippen molar-refractivity contribution in [1.82, 2.24) is 5.32 Å². The van der Waals surface area contributed by atoms with Gasteiger partial charge in [0.2, 0.25) is 5.91 Å². The van der Waals surface area contributed by atoms with Crippen LogP contribution in [0.25, 0.3) is 0 Å². The molecule has 3 nitrogen and oxygen atoms in total. The number of halogens is 1. The van der Waals surface area contributed by atoms with Gasteiger partial charge >= 0.3 is 0 Å². The van der Waals surface area contributed by atoms with Gasteiger partial charge < -0.3 is 11.1 Å². The molecular weight excluding hydrogens is 255 g/mol. The topological polar surface area (TPSA) is 55.1 Å². The van der Waals surface area contributed by atoms with E-state index < -0.39 is 5.91 Å². The molecule has 0 aliphatic heterocycles. The minimum atomic E-state index is -0.437. The third-order valence-corrected chi connectivity index (χ3v) is 3.17. The number of primary amides is 1. The predicted octanol–water partition coefficient (Wildman–Crippen LogP) is 2.52. The smallest absolute Gasteiger partial charge is 0.248 e. The second kappa shape index (κ2) is 6.30. The highest BCUT2D eigenvalue weighted by Gasteiger charge is 2.03. The minimum Gasteiger partial charge on any atom is -0.366 e. The molecule has 0 spiro atoms. The maximum atomic E-state index is 13.2. The Morgan fingerprint density at radius 1 is 1.20 bits per heavy atom. The maximum absolute atomic E-state index is 13.2. The number of carbonyl (C=O) groups excluding carboxylic acids is 1. The predicted molar refractivity (Wildman–Crippen MR) is 76.6 cm³/mol. The van der Waals surface area contributed by atoms with Crippen LogP contribution in [-0.2, 0) is 13.1 Å². The van der Waals surface area contributed by atoms with Crippen LogP contribution >= 0.6 is 0 Å². The number of hydrogen-bond donors (Lipinski definition) is 2. The summed E-state index contributed by atoms with van der Waals surface area (Å²) in [4.78, 5) is 11.1. The number of carbonyl (C=O) groups is 1. The van der Waals surface area contributed by atoms with Crippen molar-refractivity contribution in [1.29, 1.82) is 0 Å². The number of aryl methyl sites for hydroxylation is 1. The standard InChI is InChI=1S/C16H17FN2O/c1-11-5-6-15(17)8-14(11)10-19-9-12-3-2-4-13(7-12)16(18)20/h2-8,19H,9-10H2,1H3,(H2,18,20). The largest absolute Gasteiger partial charge is 0.366 e. The Bertz CT molecular complexity index is 626. The zero-order valence-electron chi connectivity index (χ0n) is 11.3. The molecule has 0 aromatic heterocycles. The zero-order chi connectivity index (χ0) is 14.5. The fourth-order valence-corrected chi connectivity index (χ4v) is 2.01. The molecule has 0 bridgehead atoms. The van der Waals surface area contributed by atoms with Crippen molar-refractivity contribution >= 4 is 5.91 Å². The lowest BCUT2D eigenvalue weighted by Crippen LogP contribution is -2.15. The van der Waals surface area contributed by atoms with Gasteiger partial charge in [0.15, 0.2) is 0 Å². The van der Waals surface area contributed by atoms with E-state index in [1.165, 1.54) is 12.1 Å². The van der Waals surface area contributed by atoms with Gasteiger partial charge in [0.1, 0.15) is 5.82 Å². The summed E-state index contributed by atoms with van der Waals surface area (Å²) in [6.07, 6.45) is 0. The van der Waals surface area contributed by atoms with Crippen molar-refractivity contribution in [2.75, 3.05) is 0 Å². The first kappa shape index (κ1) is 14.2. The van der Waals surface area contributed by atoms with Gasteiger partial charge in [0.25, 0.3) is 0 Å². The molecule has 2 aromatic rings. The quantitative estimate of drug-likeness (QED) is 0.878. The Kier molecular flexibility index (Phi) is 4.48. The van der Waals surface area contributed by atoms with Crippen LogP contribution in [0.4, 0.5) is 4.39 Å². The first-order chi connectivity index (χ1) is 9.56. The van der Waals surface area contributed by atoms with E-state index in [0.29, 0.717) is 18.7 Å². The highest BCUT2D eigenvalue weighted by atomic mass is 19.1. The molecule has 0 saturated carbocycles. The average Bonchev–Trinajstić information content (AvgIpc) is 2.43. The Morgan fingerprint density at radius 3 is 2.75 bits per heavy atom. The van der Waals surface area contributed by atoms with Gasteiger partial charge in [0.05, 0.1) is 0 Å². The van der Waals surface area contributed by atoms with E-state index in [1.54, 1.807) is 24.3 Å². The summed E-state index contributed by atoms with van der Waals surface area (Å²) < 4.78 is 13.2. The maximum Gasteiger partial charge on any atom is 0.248 e. The first-order valence-electron chi connectivity index (χ1n) is 6.41. The normalized spacial score (nSPS) is 10.5. The summed E-state index contributed by atoms with van der Waals surface area (Å²) >= 11 is 0. The molecule has 0 aliphatic carbocycles. The molecule has 1 amide bonds. The van der Waals surface area contributed by atoms with E-state index in [-0.39, 0.29) is 5.82 Å². The lowest BCUT2D eigenvalue weighted by Gasteiger charge is -2.08. The van der Waals surface area contributed by atoms with Crippen molar-refractivity contribution in [3.05, 3.63) is 70.5 Å². The van der Waals surface area contributed by atoms with E-state index in [1.807, 2.05) is 13.0 Å². The minimum absolute atomic E-state index is 0.233. The third kappa shape index (κ3) is 3.65. The molecule has 20 heavy (non-hydrogen) atoms. The van der Waals surface area contributed by atoms with Crippen LogP contribution in [-0.4, -0.2) is 5.91 Å². The van der Waals surface area contributed by atoms with Gasteiger partial charge in [-0.15, -0.1) is 0 Å². The van der Waals surface area contributed by atoms with Crippen molar-refractivity contribution < 1.29 is 9.18 Å². The molecule has 0 saturated heterocycles. The summed E-state index contributed by atoms with van der Waals surface area (Å²) in [5, 5.41) is 3.23. The van der Waals surface area contributed by atoms with Crippen LogP contribution < -0.4 is 11.1 Å². The fourth-order valence-electron chi connectivity index (χ4n) is 2.01. The second-order valence-electron chi connectivity index (χ2n) is 4.74. The Hall–Kier alpha value is -2.20. The number of nitrogens with two attached hydrogens (primary N) is 1. The van der Waals surface area contributed by atoms with Crippen molar-refractivity contribution in [3.8, 4) is 0 Å². The molecule has 2 aromatic carbocycles. The summed E-state index contributed by atoms with van der Waals surface area (Å²) in [5.74, 6) is -0.670. The number of amides is 1. The molecule has 2 rings (SSSR count). The van der Waals surface area contributed by atoms with Crippen LogP contribution in [0, 0.1) is 12.7 Å². The third-order valence-electron chi connectivity index (χ3n) is 3.17. The zero-order valence-corrected chi connectivity index (χ0v) is 11.3. The van der Waals surface area contributed by atoms with Crippen molar-refractivity contribution in [2.24, 2.45) is 5.73 Å². The Balaban J connectivity index is 1.97. The molecule has 4 heteroatoms. The fraction of sp³-hybridized carbons (Fsp3) is 0.188. The highest BCUT2D eigenvalue weighted by molar-refractivity contribution is 5.92. The molecule has 0 radical (unpaired) electrons. The first-order valence-corrected chi connectivity index (χ1v) is 6.41. The van der Waals surface area contributed by atoms with Gasteiger partial charge in [-0.2, -0.15) is 0 Å². The Morgan fingerprint density at radius 2 is 2.00 bits per heavy atom. The summed E-state index contributed by atoms with van der Waals surface area (Å²) in [5.41, 5.74) is 8.67. The lowest BCUT2D eigenvalue weighted by molar-refractivity contribution is 0.1000. The lowest BCUT2D eigenvalue weighted by atomic mass is 10.1. The molecule has 3 N–H and O–H groups in total. The molecule has 0 fully saturated rings. The summed E-state index contributed by atoms with van der Waals surface area (Å²) in [6, 6.07) is 11.9. The van der Waals surface area contributed by atoms with Crippen LogP contribution in [0.15, 0.2) is 42.5 Å². The number of rotatable bonds is 5. The van der Waals surface area contributed by atoms with E-state index >= 15 is 0 Å². The van der Waals surface area contributed by atoms with Gasteiger partial charge in [-0.1, -0.05) is 18.2 Å². The van der Waals surface area contributed by atoms with Crippen LogP contribution in [0.1, 0.15) is 27.0 Å². The summed E-state index contributed by atoms with van der Waals surface area (Å²) in [7, 11) is 0. The van der Waals surface area contributed by atoms with Crippen LogP contribution in [0.3, 0.4) is 0 Å². The van der Waals surface area contributed by atoms with Gasteiger partial charge in [-0.05, 0) is 47.9 Å². The van der Waals surface area contributed by atoms with Crippen molar-refractivity contribution in [2.45, 2.75) is 20.0 Å². The number of benzene rings is 2. The Labute approximate surface area is 117 Å². The van der Waals surface area contributed by atoms with Crippen molar-refractivity contribution in [3.63, 3.8) is 0 Å². The highest BCUT2D eigenvalue weighted by Crippen LogP contribution is 2.10. The van der Waals surface area contributed by atoms with E-state index in [9.17, 15) is 9.18 Å². The van der Waals surface area contributed by atoms with Crippen LogP contribution in [0.5, 0.6) is 0 Å². The molecule has 0 unspecified atom stereocenters. The number of nitrogens with one attached hydrogen (secondary N) is 1. The molecule has 0 aliphatic rings. The van der Waals surface area contributed by atoms with Gasteiger partial charge in [-0.25, -0.2) is 4.39 Å². The average molecular weight is 272 g/mol. The van der Waals surface area contributed by atoms with Gasteiger partial charge in [-0.3, -0.25) is 4.79 Å². The summed E-state index contributed by atoms with van der Waals surface area (Å²) in [6.45, 7) is 3.12. The molecular formula is C16H17FN2O. The molecule has 0 atom stereocenters.